The molecular weight excluding hydrogens is 344 g/mol. The number of hydrogen-bond acceptors (Lipinski definition) is 5. The summed E-state index contributed by atoms with van der Waals surface area (Å²) in [6.07, 6.45) is 1.73. The summed E-state index contributed by atoms with van der Waals surface area (Å²) in [5, 5.41) is 12.5. The summed E-state index contributed by atoms with van der Waals surface area (Å²) < 4.78 is 7.88. The van der Waals surface area contributed by atoms with Gasteiger partial charge in [0.2, 0.25) is 0 Å². The van der Waals surface area contributed by atoms with Crippen molar-refractivity contribution in [3.8, 4) is 11.8 Å². The molecule has 2 aromatic rings. The second-order valence-electron chi connectivity index (χ2n) is 6.94. The highest BCUT2D eigenvalue weighted by Gasteiger charge is 2.17. The summed E-state index contributed by atoms with van der Waals surface area (Å²) in [5.41, 5.74) is 0.0604. The molecule has 1 unspecified atom stereocenters. The molecule has 0 radical (unpaired) electrons. The number of benzene rings is 1. The van der Waals surface area contributed by atoms with Crippen LogP contribution in [0.3, 0.4) is 0 Å². The van der Waals surface area contributed by atoms with Gasteiger partial charge in [-0.25, -0.2) is 4.79 Å². The third-order valence-electron chi connectivity index (χ3n) is 4.32. The third-order valence-corrected chi connectivity index (χ3v) is 4.32. The smallest absolute Gasteiger partial charge is 0.332 e. The third kappa shape index (κ3) is 4.79. The molecule has 7 nitrogen and oxygen atoms in total. The summed E-state index contributed by atoms with van der Waals surface area (Å²) >= 11 is 0. The molecule has 1 aromatic carbocycles. The maximum absolute atomic E-state index is 12.1. The SMILES string of the molecule is CC(CCc1ccc(OC(C)C)cc1)Nc1c(C#N)c(=O)n(C)c(=O)n1C. The van der Waals surface area contributed by atoms with Crippen LogP contribution in [-0.2, 0) is 20.5 Å². The first-order chi connectivity index (χ1) is 12.7. The van der Waals surface area contributed by atoms with E-state index in [1.807, 2.05) is 51.1 Å². The number of hydrogen-bond donors (Lipinski definition) is 1. The Morgan fingerprint density at radius 2 is 1.74 bits per heavy atom. The molecular formula is C20H26N4O3. The van der Waals surface area contributed by atoms with E-state index >= 15 is 0 Å². The Kier molecular flexibility index (Phi) is 6.45. The van der Waals surface area contributed by atoms with Gasteiger partial charge in [-0.3, -0.25) is 13.9 Å². The molecule has 7 heteroatoms. The van der Waals surface area contributed by atoms with Gasteiger partial charge in [-0.2, -0.15) is 5.26 Å². The fourth-order valence-corrected chi connectivity index (χ4v) is 2.81. The van der Waals surface area contributed by atoms with Crippen molar-refractivity contribution in [2.75, 3.05) is 5.32 Å². The monoisotopic (exact) mass is 370 g/mol. The molecule has 1 heterocycles. The predicted molar refractivity (Wildman–Crippen MR) is 105 cm³/mol. The second kappa shape index (κ2) is 8.58. The van der Waals surface area contributed by atoms with Crippen LogP contribution < -0.4 is 21.3 Å². The molecule has 0 saturated heterocycles. The van der Waals surface area contributed by atoms with Crippen LogP contribution in [0, 0.1) is 11.3 Å². The van der Waals surface area contributed by atoms with E-state index < -0.39 is 11.2 Å². The van der Waals surface area contributed by atoms with Crippen LogP contribution >= 0.6 is 0 Å². The van der Waals surface area contributed by atoms with Crippen molar-refractivity contribution in [2.24, 2.45) is 14.1 Å². The van der Waals surface area contributed by atoms with E-state index in [9.17, 15) is 14.9 Å². The minimum Gasteiger partial charge on any atom is -0.491 e. The fraction of sp³-hybridized carbons (Fsp3) is 0.450. The zero-order chi connectivity index (χ0) is 20.1. The standard InChI is InChI=1S/C20H26N4O3/c1-13(2)27-16-10-8-15(9-11-16)7-6-14(3)22-18-17(12-21)19(25)24(5)20(26)23(18)4/h8-11,13-14,22H,6-7H2,1-5H3. The van der Waals surface area contributed by atoms with Crippen molar-refractivity contribution in [3.63, 3.8) is 0 Å². The van der Waals surface area contributed by atoms with Crippen LogP contribution in [0.4, 0.5) is 5.82 Å². The molecule has 0 fully saturated rings. The number of ether oxygens (including phenoxy) is 1. The number of aromatic nitrogens is 2. The van der Waals surface area contributed by atoms with Gasteiger partial charge in [-0.05, 0) is 51.3 Å². The lowest BCUT2D eigenvalue weighted by Crippen LogP contribution is -2.40. The molecule has 0 amide bonds. The molecule has 0 aliphatic heterocycles. The van der Waals surface area contributed by atoms with E-state index in [1.165, 1.54) is 11.6 Å². The van der Waals surface area contributed by atoms with Crippen molar-refractivity contribution >= 4 is 5.82 Å². The topological polar surface area (TPSA) is 89.1 Å². The Morgan fingerprint density at radius 3 is 2.30 bits per heavy atom. The first kappa shape index (κ1) is 20.3. The number of aryl methyl sites for hydroxylation is 1. The molecule has 0 bridgehead atoms. The van der Waals surface area contributed by atoms with Gasteiger partial charge in [-0.1, -0.05) is 12.1 Å². The minimum atomic E-state index is -0.587. The first-order valence-electron chi connectivity index (χ1n) is 8.96. The Morgan fingerprint density at radius 1 is 1.11 bits per heavy atom. The van der Waals surface area contributed by atoms with Gasteiger partial charge in [0.25, 0.3) is 5.56 Å². The zero-order valence-electron chi connectivity index (χ0n) is 16.4. The van der Waals surface area contributed by atoms with E-state index in [4.69, 9.17) is 4.74 Å². The number of nitrogens with zero attached hydrogens (tertiary/aromatic N) is 3. The molecule has 1 N–H and O–H groups in total. The first-order valence-corrected chi connectivity index (χ1v) is 8.96. The van der Waals surface area contributed by atoms with Crippen LogP contribution in [0.5, 0.6) is 5.75 Å². The van der Waals surface area contributed by atoms with Crippen LogP contribution in [-0.4, -0.2) is 21.3 Å². The summed E-state index contributed by atoms with van der Waals surface area (Å²) in [5.74, 6) is 1.10. The highest BCUT2D eigenvalue weighted by atomic mass is 16.5. The molecule has 0 saturated carbocycles. The van der Waals surface area contributed by atoms with Gasteiger partial charge >= 0.3 is 5.69 Å². The molecule has 2 rings (SSSR count). The van der Waals surface area contributed by atoms with Crippen molar-refractivity contribution in [3.05, 3.63) is 56.2 Å². The van der Waals surface area contributed by atoms with E-state index in [1.54, 1.807) is 7.05 Å². The van der Waals surface area contributed by atoms with Crippen LogP contribution in [0.25, 0.3) is 0 Å². The maximum atomic E-state index is 12.1. The van der Waals surface area contributed by atoms with Gasteiger partial charge in [-0.15, -0.1) is 0 Å². The van der Waals surface area contributed by atoms with E-state index in [0.717, 1.165) is 28.7 Å². The van der Waals surface area contributed by atoms with Gasteiger partial charge in [0.05, 0.1) is 6.10 Å². The van der Waals surface area contributed by atoms with Gasteiger partial charge in [0.1, 0.15) is 17.6 Å². The fourth-order valence-electron chi connectivity index (χ4n) is 2.81. The normalized spacial score (nSPS) is 11.9. The Bertz CT molecular complexity index is 949. The van der Waals surface area contributed by atoms with Gasteiger partial charge in [0, 0.05) is 20.1 Å². The zero-order valence-corrected chi connectivity index (χ0v) is 16.4. The number of anilines is 1. The summed E-state index contributed by atoms with van der Waals surface area (Å²) in [6.45, 7) is 5.93. The summed E-state index contributed by atoms with van der Waals surface area (Å²) in [7, 11) is 2.91. The molecule has 0 aliphatic rings. The van der Waals surface area contributed by atoms with E-state index in [0.29, 0.717) is 0 Å². The van der Waals surface area contributed by atoms with E-state index in [-0.39, 0.29) is 23.5 Å². The largest absolute Gasteiger partial charge is 0.491 e. The lowest BCUT2D eigenvalue weighted by Gasteiger charge is -2.19. The lowest BCUT2D eigenvalue weighted by molar-refractivity contribution is 0.242. The summed E-state index contributed by atoms with van der Waals surface area (Å²) in [4.78, 5) is 24.3. The Hall–Kier alpha value is -3.01. The molecule has 0 aliphatic carbocycles. The average Bonchev–Trinajstić information content (AvgIpc) is 2.63. The van der Waals surface area contributed by atoms with Crippen molar-refractivity contribution in [1.29, 1.82) is 5.26 Å². The van der Waals surface area contributed by atoms with Crippen molar-refractivity contribution in [1.82, 2.24) is 9.13 Å². The van der Waals surface area contributed by atoms with Crippen LogP contribution in [0.1, 0.15) is 38.3 Å². The maximum Gasteiger partial charge on any atom is 0.332 e. The van der Waals surface area contributed by atoms with Crippen molar-refractivity contribution in [2.45, 2.75) is 45.8 Å². The number of nitriles is 1. The van der Waals surface area contributed by atoms with E-state index in [2.05, 4.69) is 5.32 Å². The van der Waals surface area contributed by atoms with Gasteiger partial charge in [0.15, 0.2) is 5.56 Å². The second-order valence-corrected chi connectivity index (χ2v) is 6.94. The Balaban J connectivity index is 2.09. The summed E-state index contributed by atoms with van der Waals surface area (Å²) in [6, 6.07) is 9.83. The molecule has 0 spiro atoms. The van der Waals surface area contributed by atoms with Gasteiger partial charge < -0.3 is 10.1 Å². The van der Waals surface area contributed by atoms with Crippen LogP contribution in [0.15, 0.2) is 33.9 Å². The van der Waals surface area contributed by atoms with Crippen LogP contribution in [0.2, 0.25) is 0 Å². The Labute approximate surface area is 158 Å². The predicted octanol–water partition coefficient (Wildman–Crippen LogP) is 2.18. The molecule has 144 valence electrons. The highest BCUT2D eigenvalue weighted by molar-refractivity contribution is 5.51. The number of rotatable bonds is 7. The molecule has 27 heavy (non-hydrogen) atoms. The average molecular weight is 370 g/mol. The highest BCUT2D eigenvalue weighted by Crippen LogP contribution is 2.16. The quantitative estimate of drug-likeness (QED) is 0.807. The van der Waals surface area contributed by atoms with Crippen molar-refractivity contribution < 1.29 is 4.74 Å². The molecule has 1 aromatic heterocycles. The lowest BCUT2D eigenvalue weighted by atomic mass is 10.1. The number of nitrogens with one attached hydrogen (secondary N) is 1. The minimum absolute atomic E-state index is 0.0265. The molecule has 1 atom stereocenters.